The van der Waals surface area contributed by atoms with Gasteiger partial charge < -0.3 is 24.3 Å². The van der Waals surface area contributed by atoms with Crippen molar-refractivity contribution in [3.63, 3.8) is 0 Å². The molecule has 3 aromatic rings. The number of H-pyrrole nitrogens is 1. The Labute approximate surface area is 192 Å². The molecule has 0 aromatic carbocycles. The maximum atomic E-state index is 12.7. The number of amides is 1. The van der Waals surface area contributed by atoms with Crippen LogP contribution in [-0.4, -0.2) is 68.6 Å². The largest absolute Gasteiger partial charge is 0.481 e. The van der Waals surface area contributed by atoms with Gasteiger partial charge in [-0.05, 0) is 19.9 Å². The number of fused-ring (bicyclic) bond motifs is 1. The van der Waals surface area contributed by atoms with Crippen LogP contribution < -0.4 is 14.4 Å². The van der Waals surface area contributed by atoms with Gasteiger partial charge in [0.15, 0.2) is 0 Å². The van der Waals surface area contributed by atoms with Crippen molar-refractivity contribution in [1.29, 1.82) is 0 Å². The Balaban J connectivity index is 1.29. The molecule has 0 spiro atoms. The number of methoxy groups -OCH3 is 1. The zero-order chi connectivity index (χ0) is 22.9. The van der Waals surface area contributed by atoms with Gasteiger partial charge in [0.05, 0.1) is 49.5 Å². The summed E-state index contributed by atoms with van der Waals surface area (Å²) in [5.41, 5.74) is 4.53. The van der Waals surface area contributed by atoms with Gasteiger partial charge in [0.25, 0.3) is 5.91 Å². The number of carbonyl (C=O) groups is 1. The van der Waals surface area contributed by atoms with E-state index in [1.165, 1.54) is 0 Å². The van der Waals surface area contributed by atoms with E-state index in [9.17, 15) is 4.79 Å². The van der Waals surface area contributed by atoms with Gasteiger partial charge in [-0.1, -0.05) is 0 Å². The van der Waals surface area contributed by atoms with E-state index in [2.05, 4.69) is 35.9 Å². The molecule has 0 unspecified atom stereocenters. The van der Waals surface area contributed by atoms with Gasteiger partial charge in [0.2, 0.25) is 11.8 Å². The van der Waals surface area contributed by atoms with Gasteiger partial charge in [0.1, 0.15) is 23.9 Å². The van der Waals surface area contributed by atoms with Crippen molar-refractivity contribution in [3.05, 3.63) is 53.1 Å². The van der Waals surface area contributed by atoms with Gasteiger partial charge in [-0.3, -0.25) is 4.79 Å². The molecule has 3 aromatic heterocycles. The average molecular weight is 450 g/mol. The summed E-state index contributed by atoms with van der Waals surface area (Å²) in [6, 6.07) is 2.08. The molecule has 0 bridgehead atoms. The first kappa shape index (κ1) is 21.2. The first-order valence-corrected chi connectivity index (χ1v) is 11.1. The van der Waals surface area contributed by atoms with E-state index in [4.69, 9.17) is 9.47 Å². The smallest absolute Gasteiger partial charge is 0.272 e. The molecule has 2 aliphatic heterocycles. The minimum atomic E-state index is -0.114. The summed E-state index contributed by atoms with van der Waals surface area (Å²) in [7, 11) is 1.63. The number of hydrogen-bond donors (Lipinski definition) is 1. The molecule has 0 radical (unpaired) electrons. The molecule has 1 atom stereocenters. The van der Waals surface area contributed by atoms with Crippen molar-refractivity contribution in [3.8, 4) is 11.8 Å². The van der Waals surface area contributed by atoms with Crippen LogP contribution in [0.5, 0.6) is 11.8 Å². The van der Waals surface area contributed by atoms with Crippen molar-refractivity contribution in [1.82, 2.24) is 29.8 Å². The zero-order valence-corrected chi connectivity index (χ0v) is 19.0. The van der Waals surface area contributed by atoms with Crippen molar-refractivity contribution in [2.75, 3.05) is 31.6 Å². The highest BCUT2D eigenvalue weighted by atomic mass is 16.5. The fourth-order valence-electron chi connectivity index (χ4n) is 4.44. The third-order valence-corrected chi connectivity index (χ3v) is 6.18. The van der Waals surface area contributed by atoms with E-state index in [-0.39, 0.29) is 12.0 Å². The first-order valence-electron chi connectivity index (χ1n) is 11.1. The van der Waals surface area contributed by atoms with E-state index in [1.807, 2.05) is 20.0 Å². The number of likely N-dealkylation sites (tertiary alicyclic amines) is 1. The normalized spacial score (nSPS) is 17.7. The molecule has 1 fully saturated rings. The molecular formula is C23H27N7O3. The number of imidazole rings is 1. The molecular weight excluding hydrogens is 422 g/mol. The fourth-order valence-corrected chi connectivity index (χ4v) is 4.44. The number of nitrogens with zero attached hydrogens (tertiary/aromatic N) is 6. The molecule has 0 aliphatic carbocycles. The third kappa shape index (κ3) is 4.20. The fraction of sp³-hybridized carbons (Fsp3) is 0.435. The van der Waals surface area contributed by atoms with Crippen molar-refractivity contribution < 1.29 is 14.3 Å². The van der Waals surface area contributed by atoms with E-state index >= 15 is 0 Å². The molecule has 1 saturated heterocycles. The van der Waals surface area contributed by atoms with Crippen molar-refractivity contribution in [2.45, 2.75) is 39.3 Å². The van der Waals surface area contributed by atoms with E-state index < -0.39 is 0 Å². The summed E-state index contributed by atoms with van der Waals surface area (Å²) in [6.07, 6.45) is 6.41. The lowest BCUT2D eigenvalue weighted by atomic mass is 10.1. The molecule has 10 heteroatoms. The van der Waals surface area contributed by atoms with Crippen LogP contribution in [0.25, 0.3) is 0 Å². The average Bonchev–Trinajstić information content (AvgIpc) is 3.48. The second kappa shape index (κ2) is 8.68. The molecule has 0 saturated carbocycles. The number of anilines is 1. The number of pyridine rings is 1. The summed E-state index contributed by atoms with van der Waals surface area (Å²) >= 11 is 0. The van der Waals surface area contributed by atoms with Crippen LogP contribution in [0, 0.1) is 13.8 Å². The van der Waals surface area contributed by atoms with E-state index in [1.54, 1.807) is 24.5 Å². The number of aromatic amines is 1. The van der Waals surface area contributed by atoms with Crippen LogP contribution in [0.15, 0.2) is 24.8 Å². The highest BCUT2D eigenvalue weighted by Gasteiger charge is 2.31. The predicted molar refractivity (Wildman–Crippen MR) is 121 cm³/mol. The number of aryl methyl sites for hydroxylation is 2. The lowest BCUT2D eigenvalue weighted by molar-refractivity contribution is 0.0765. The van der Waals surface area contributed by atoms with Gasteiger partial charge in [-0.25, -0.2) is 19.9 Å². The monoisotopic (exact) mass is 449 g/mol. The zero-order valence-electron chi connectivity index (χ0n) is 19.0. The third-order valence-electron chi connectivity index (χ3n) is 6.18. The Morgan fingerprint density at radius 3 is 2.76 bits per heavy atom. The molecule has 1 amide bonds. The predicted octanol–water partition coefficient (Wildman–Crippen LogP) is 2.08. The van der Waals surface area contributed by atoms with Crippen LogP contribution in [0.2, 0.25) is 0 Å². The number of carbonyl (C=O) groups excluding carboxylic acids is 1. The Bertz CT molecular complexity index is 1180. The summed E-state index contributed by atoms with van der Waals surface area (Å²) in [5, 5.41) is 0. The van der Waals surface area contributed by atoms with Crippen LogP contribution in [-0.2, 0) is 13.0 Å². The number of nitrogens with one attached hydrogen (secondary N) is 1. The van der Waals surface area contributed by atoms with Gasteiger partial charge in [-0.2, -0.15) is 0 Å². The summed E-state index contributed by atoms with van der Waals surface area (Å²) in [5.74, 6) is 1.90. The highest BCUT2D eigenvalue weighted by Crippen LogP contribution is 2.31. The summed E-state index contributed by atoms with van der Waals surface area (Å²) in [6.45, 7) is 6.45. The molecule has 33 heavy (non-hydrogen) atoms. The maximum absolute atomic E-state index is 12.7. The standard InChI is InChI=1S/C23H27N7O3/c1-14-8-16(9-25-21(14)32-3)29-7-5-19-18(12-29)22(27-13-26-19)33-17-4-6-30(11-17)23(31)20-10-24-15(2)28-20/h8-10,13,17H,4-7,11-12H2,1-3H3,(H,24,28)/t17-/m0/s1. The number of aromatic nitrogens is 5. The van der Waals surface area contributed by atoms with Crippen LogP contribution in [0.1, 0.15) is 39.6 Å². The van der Waals surface area contributed by atoms with Crippen molar-refractivity contribution >= 4 is 11.6 Å². The van der Waals surface area contributed by atoms with E-state index in [0.717, 1.165) is 47.7 Å². The second-order valence-corrected chi connectivity index (χ2v) is 8.46. The second-order valence-electron chi connectivity index (χ2n) is 8.46. The van der Waals surface area contributed by atoms with Gasteiger partial charge in [0, 0.05) is 31.5 Å². The quantitative estimate of drug-likeness (QED) is 0.631. The van der Waals surface area contributed by atoms with E-state index in [0.29, 0.717) is 37.1 Å². The number of ether oxygens (including phenoxy) is 2. The molecule has 2 aliphatic rings. The van der Waals surface area contributed by atoms with Crippen LogP contribution >= 0.6 is 0 Å². The van der Waals surface area contributed by atoms with Crippen LogP contribution in [0.4, 0.5) is 5.69 Å². The minimum absolute atomic E-state index is 0.0556. The molecule has 1 N–H and O–H groups in total. The Morgan fingerprint density at radius 1 is 1.12 bits per heavy atom. The molecule has 5 rings (SSSR count). The minimum Gasteiger partial charge on any atom is -0.481 e. The summed E-state index contributed by atoms with van der Waals surface area (Å²) in [4.78, 5) is 37.2. The number of hydrogen-bond acceptors (Lipinski definition) is 8. The highest BCUT2D eigenvalue weighted by molar-refractivity contribution is 5.92. The Hall–Kier alpha value is -3.69. The van der Waals surface area contributed by atoms with Crippen LogP contribution in [0.3, 0.4) is 0 Å². The van der Waals surface area contributed by atoms with Gasteiger partial charge >= 0.3 is 0 Å². The number of rotatable bonds is 5. The summed E-state index contributed by atoms with van der Waals surface area (Å²) < 4.78 is 11.6. The molecule has 172 valence electrons. The van der Waals surface area contributed by atoms with Gasteiger partial charge in [-0.15, -0.1) is 0 Å². The van der Waals surface area contributed by atoms with Crippen molar-refractivity contribution in [2.24, 2.45) is 0 Å². The molecule has 5 heterocycles. The maximum Gasteiger partial charge on any atom is 0.272 e. The first-order chi connectivity index (χ1) is 16.0. The Morgan fingerprint density at radius 2 is 2.00 bits per heavy atom. The molecule has 10 nitrogen and oxygen atoms in total. The Kier molecular flexibility index (Phi) is 5.57. The lowest BCUT2D eigenvalue weighted by Gasteiger charge is -2.31. The topological polar surface area (TPSA) is 109 Å². The SMILES string of the molecule is COc1ncc(N2CCc3ncnc(O[C@H]4CCN(C(=O)c5cnc(C)[nH]5)C4)c3C2)cc1C. The lowest BCUT2D eigenvalue weighted by Crippen LogP contribution is -2.33.